The van der Waals surface area contributed by atoms with Crippen LogP contribution in [0.2, 0.25) is 0 Å². The first-order valence-corrected chi connectivity index (χ1v) is 11.8. The van der Waals surface area contributed by atoms with Crippen LogP contribution in [0.25, 0.3) is 0 Å². The first kappa shape index (κ1) is 24.6. The Morgan fingerprint density at radius 2 is 1.42 bits per heavy atom. The summed E-state index contributed by atoms with van der Waals surface area (Å²) in [5, 5.41) is 5.81. The van der Waals surface area contributed by atoms with Crippen molar-refractivity contribution in [2.24, 2.45) is 0 Å². The van der Waals surface area contributed by atoms with Gasteiger partial charge in [0.2, 0.25) is 0 Å². The van der Waals surface area contributed by atoms with Crippen molar-refractivity contribution in [3.8, 4) is 0 Å². The van der Waals surface area contributed by atoms with Crippen LogP contribution in [0.4, 0.5) is 16.2 Å². The van der Waals surface area contributed by atoms with Crippen LogP contribution in [0.5, 0.6) is 0 Å². The third-order valence-corrected chi connectivity index (χ3v) is 5.67. The molecule has 1 aromatic heterocycles. The molecule has 36 heavy (non-hydrogen) atoms. The summed E-state index contributed by atoms with van der Waals surface area (Å²) in [6.07, 6.45) is 0. The van der Waals surface area contributed by atoms with E-state index in [0.29, 0.717) is 24.5 Å². The van der Waals surface area contributed by atoms with Crippen LogP contribution in [-0.2, 0) is 19.6 Å². The van der Waals surface area contributed by atoms with Gasteiger partial charge in [-0.05, 0) is 47.5 Å². The van der Waals surface area contributed by atoms with Crippen molar-refractivity contribution < 1.29 is 14.0 Å². The number of nitrogens with zero attached hydrogens (tertiary/aromatic N) is 2. The molecule has 0 spiro atoms. The number of nitrogens with one attached hydrogen (secondary N) is 2. The van der Waals surface area contributed by atoms with Gasteiger partial charge in [-0.1, -0.05) is 60.7 Å². The molecule has 0 saturated carbocycles. The number of urea groups is 1. The van der Waals surface area contributed by atoms with E-state index in [1.807, 2.05) is 104 Å². The van der Waals surface area contributed by atoms with Crippen LogP contribution in [-0.4, -0.2) is 30.9 Å². The predicted octanol–water partition coefficient (Wildman–Crippen LogP) is 5.51. The van der Waals surface area contributed by atoms with Crippen molar-refractivity contribution in [2.75, 3.05) is 24.3 Å². The Kier molecular flexibility index (Phi) is 8.03. The second-order valence-electron chi connectivity index (χ2n) is 8.65. The maximum Gasteiger partial charge on any atom is 0.322 e. The molecule has 0 aliphatic rings. The van der Waals surface area contributed by atoms with Gasteiger partial charge in [0.05, 0.1) is 6.54 Å². The monoisotopic (exact) mass is 482 g/mol. The van der Waals surface area contributed by atoms with E-state index >= 15 is 0 Å². The number of hydrogen-bond donors (Lipinski definition) is 2. The van der Waals surface area contributed by atoms with Crippen LogP contribution >= 0.6 is 0 Å². The quantitative estimate of drug-likeness (QED) is 0.330. The van der Waals surface area contributed by atoms with Crippen molar-refractivity contribution >= 4 is 23.3 Å². The molecule has 0 aliphatic heterocycles. The third kappa shape index (κ3) is 6.76. The van der Waals surface area contributed by atoms with E-state index < -0.39 is 0 Å². The molecule has 4 rings (SSSR count). The van der Waals surface area contributed by atoms with Gasteiger partial charge in [0.15, 0.2) is 5.76 Å². The van der Waals surface area contributed by atoms with E-state index in [2.05, 4.69) is 10.6 Å². The molecule has 0 bridgehead atoms. The molecule has 3 aromatic carbocycles. The summed E-state index contributed by atoms with van der Waals surface area (Å²) in [5.74, 6) is 0.425. The molecule has 4 aromatic rings. The molecule has 2 N–H and O–H groups in total. The van der Waals surface area contributed by atoms with Crippen molar-refractivity contribution in [2.45, 2.75) is 19.6 Å². The Balaban J connectivity index is 1.40. The molecular weight excluding hydrogens is 452 g/mol. The molecule has 7 nitrogen and oxygen atoms in total. The highest BCUT2D eigenvalue weighted by Crippen LogP contribution is 2.17. The van der Waals surface area contributed by atoms with Crippen LogP contribution < -0.4 is 15.5 Å². The highest BCUT2D eigenvalue weighted by Gasteiger charge is 2.18. The normalized spacial score (nSPS) is 10.5. The fraction of sp³-hybridized carbons (Fsp3) is 0.172. The molecule has 0 atom stereocenters. The zero-order valence-electron chi connectivity index (χ0n) is 20.5. The lowest BCUT2D eigenvalue weighted by molar-refractivity contribution is 0.0920. The first-order valence-electron chi connectivity index (χ1n) is 11.8. The van der Waals surface area contributed by atoms with Gasteiger partial charge in [-0.25, -0.2) is 4.79 Å². The molecule has 0 saturated heterocycles. The van der Waals surface area contributed by atoms with Crippen LogP contribution in [0, 0.1) is 0 Å². The van der Waals surface area contributed by atoms with Gasteiger partial charge < -0.3 is 24.9 Å². The number of rotatable bonds is 9. The van der Waals surface area contributed by atoms with E-state index in [1.54, 1.807) is 17.0 Å². The van der Waals surface area contributed by atoms with Crippen LogP contribution in [0.15, 0.2) is 101 Å². The highest BCUT2D eigenvalue weighted by molar-refractivity contribution is 5.91. The fourth-order valence-corrected chi connectivity index (χ4v) is 3.68. The predicted molar refractivity (Wildman–Crippen MR) is 142 cm³/mol. The average Bonchev–Trinajstić information content (AvgIpc) is 3.37. The molecule has 7 heteroatoms. The number of benzene rings is 3. The number of hydrogen-bond acceptors (Lipinski definition) is 4. The third-order valence-electron chi connectivity index (χ3n) is 5.67. The summed E-state index contributed by atoms with van der Waals surface area (Å²) in [7, 11) is 3.97. The summed E-state index contributed by atoms with van der Waals surface area (Å²) >= 11 is 0. The zero-order valence-corrected chi connectivity index (χ0v) is 20.5. The second kappa shape index (κ2) is 11.8. The summed E-state index contributed by atoms with van der Waals surface area (Å²) in [6.45, 7) is 1.000. The van der Waals surface area contributed by atoms with Gasteiger partial charge in [0, 0.05) is 38.6 Å². The van der Waals surface area contributed by atoms with Crippen molar-refractivity contribution in [3.05, 3.63) is 120 Å². The van der Waals surface area contributed by atoms with E-state index in [9.17, 15) is 9.59 Å². The molecule has 3 amide bonds. The maximum atomic E-state index is 13.1. The number of carbonyl (C=O) groups excluding carboxylic acids is 2. The molecule has 0 aliphatic carbocycles. The lowest BCUT2D eigenvalue weighted by Crippen LogP contribution is -2.34. The fourth-order valence-electron chi connectivity index (χ4n) is 3.68. The molecule has 184 valence electrons. The Labute approximate surface area is 211 Å². The van der Waals surface area contributed by atoms with Gasteiger partial charge in [-0.15, -0.1) is 0 Å². The second-order valence-corrected chi connectivity index (χ2v) is 8.65. The molecule has 1 heterocycles. The molecule has 0 unspecified atom stereocenters. The summed E-state index contributed by atoms with van der Waals surface area (Å²) in [4.78, 5) is 29.4. The van der Waals surface area contributed by atoms with Crippen LogP contribution in [0.3, 0.4) is 0 Å². The Bertz CT molecular complexity index is 1270. The van der Waals surface area contributed by atoms with Gasteiger partial charge in [0.1, 0.15) is 5.76 Å². The Hall–Kier alpha value is -4.52. The van der Waals surface area contributed by atoms with E-state index in [4.69, 9.17) is 4.42 Å². The molecule has 0 radical (unpaired) electrons. The first-order chi connectivity index (χ1) is 17.5. The smallest absolute Gasteiger partial charge is 0.322 e. The van der Waals surface area contributed by atoms with Gasteiger partial charge >= 0.3 is 6.03 Å². The topological polar surface area (TPSA) is 77.8 Å². The minimum Gasteiger partial charge on any atom is -0.454 e. The summed E-state index contributed by atoms with van der Waals surface area (Å²) in [6, 6.07) is 30.1. The SMILES string of the molecule is CN(C)c1ccc(CNC(=O)c2ccc(CN(Cc3ccccc3)C(=O)Nc3ccccc3)o2)cc1. The summed E-state index contributed by atoms with van der Waals surface area (Å²) in [5.41, 5.74) is 3.79. The highest BCUT2D eigenvalue weighted by atomic mass is 16.4. The van der Waals surface area contributed by atoms with E-state index in [0.717, 1.165) is 16.8 Å². The number of para-hydroxylation sites is 1. The van der Waals surface area contributed by atoms with Gasteiger partial charge in [0.25, 0.3) is 5.91 Å². The molecular formula is C29H30N4O3. The average molecular weight is 483 g/mol. The Morgan fingerprint density at radius 1 is 0.750 bits per heavy atom. The van der Waals surface area contributed by atoms with E-state index in [1.165, 1.54) is 0 Å². The van der Waals surface area contributed by atoms with Crippen molar-refractivity contribution in [1.82, 2.24) is 10.2 Å². The standard InChI is InChI=1S/C29H30N4O3/c1-32(2)25-15-13-22(14-16-25)19-30-28(34)27-18-17-26(36-27)21-33(20-23-9-5-3-6-10-23)29(35)31-24-11-7-4-8-12-24/h3-18H,19-21H2,1-2H3,(H,30,34)(H,31,35). The number of anilines is 2. The zero-order chi connectivity index (χ0) is 25.3. The Morgan fingerprint density at radius 3 is 2.08 bits per heavy atom. The van der Waals surface area contributed by atoms with Crippen molar-refractivity contribution in [1.29, 1.82) is 0 Å². The summed E-state index contributed by atoms with van der Waals surface area (Å²) < 4.78 is 5.81. The van der Waals surface area contributed by atoms with Crippen molar-refractivity contribution in [3.63, 3.8) is 0 Å². The van der Waals surface area contributed by atoms with E-state index in [-0.39, 0.29) is 24.2 Å². The van der Waals surface area contributed by atoms with Gasteiger partial charge in [-0.3, -0.25) is 4.79 Å². The minimum absolute atomic E-state index is 0.207. The van der Waals surface area contributed by atoms with Gasteiger partial charge in [-0.2, -0.15) is 0 Å². The maximum absolute atomic E-state index is 13.1. The number of carbonyl (C=O) groups is 2. The van der Waals surface area contributed by atoms with Crippen LogP contribution in [0.1, 0.15) is 27.4 Å². The largest absolute Gasteiger partial charge is 0.454 e. The molecule has 0 fully saturated rings. The minimum atomic E-state index is -0.304. The number of amides is 3. The lowest BCUT2D eigenvalue weighted by atomic mass is 10.2. The lowest BCUT2D eigenvalue weighted by Gasteiger charge is -2.22. The number of furan rings is 1.